The third kappa shape index (κ3) is 29.2. The summed E-state index contributed by atoms with van der Waals surface area (Å²) in [5.74, 6) is -0.665. The van der Waals surface area contributed by atoms with E-state index < -0.39 is 5.97 Å². The van der Waals surface area contributed by atoms with Crippen molar-refractivity contribution < 1.29 is 19.4 Å². The molecule has 0 aliphatic heterocycles. The molecule has 0 unspecified atom stereocenters. The van der Waals surface area contributed by atoms with E-state index in [1.807, 2.05) is 0 Å². The standard InChI is InChI=1S/C34H64O4/c1-3-5-7-8-9-10-11-12-13-17-20-23-27-31-34(37)38-32(28-24-6-4-2)29-25-21-18-15-14-16-19-22-26-30-33(35)36/h10-11,32H,3-9,12-31H2,1-2H3,(H,35,36)/b11-10-/t32-/m1/s1. The van der Waals surface area contributed by atoms with Gasteiger partial charge in [-0.05, 0) is 64.2 Å². The van der Waals surface area contributed by atoms with E-state index in [4.69, 9.17) is 9.84 Å². The van der Waals surface area contributed by atoms with Crippen molar-refractivity contribution in [3.05, 3.63) is 12.2 Å². The summed E-state index contributed by atoms with van der Waals surface area (Å²) in [4.78, 5) is 23.0. The molecule has 0 saturated carbocycles. The molecule has 38 heavy (non-hydrogen) atoms. The van der Waals surface area contributed by atoms with Crippen LogP contribution in [0.15, 0.2) is 12.2 Å². The van der Waals surface area contributed by atoms with Gasteiger partial charge in [-0.1, -0.05) is 122 Å². The Hall–Kier alpha value is -1.32. The van der Waals surface area contributed by atoms with Crippen molar-refractivity contribution in [3.8, 4) is 0 Å². The number of ether oxygens (including phenoxy) is 1. The number of carbonyl (C=O) groups excluding carboxylic acids is 1. The number of rotatable bonds is 30. The van der Waals surface area contributed by atoms with Crippen LogP contribution in [-0.2, 0) is 14.3 Å². The number of hydrogen-bond acceptors (Lipinski definition) is 3. The summed E-state index contributed by atoms with van der Waals surface area (Å²) in [6.07, 6.45) is 35.3. The number of aliphatic carboxylic acids is 1. The molecule has 0 aromatic carbocycles. The summed E-state index contributed by atoms with van der Waals surface area (Å²) < 4.78 is 5.91. The zero-order valence-electron chi connectivity index (χ0n) is 25.5. The fraction of sp³-hybridized carbons (Fsp3) is 0.882. The molecular weight excluding hydrogens is 472 g/mol. The smallest absolute Gasteiger partial charge is 0.306 e. The molecule has 4 heteroatoms. The van der Waals surface area contributed by atoms with Gasteiger partial charge in [0.1, 0.15) is 6.10 Å². The first-order valence-electron chi connectivity index (χ1n) is 16.7. The number of hydrogen-bond donors (Lipinski definition) is 1. The highest BCUT2D eigenvalue weighted by Gasteiger charge is 2.14. The van der Waals surface area contributed by atoms with Crippen molar-refractivity contribution in [3.63, 3.8) is 0 Å². The van der Waals surface area contributed by atoms with Gasteiger partial charge in [-0.3, -0.25) is 9.59 Å². The monoisotopic (exact) mass is 536 g/mol. The minimum absolute atomic E-state index is 0.0143. The first-order chi connectivity index (χ1) is 18.6. The maximum absolute atomic E-state index is 12.4. The fourth-order valence-electron chi connectivity index (χ4n) is 5.00. The molecule has 0 aromatic rings. The lowest BCUT2D eigenvalue weighted by Gasteiger charge is -2.18. The summed E-state index contributed by atoms with van der Waals surface area (Å²) in [5.41, 5.74) is 0. The number of carboxylic acid groups (broad SMARTS) is 1. The van der Waals surface area contributed by atoms with Gasteiger partial charge in [0.2, 0.25) is 0 Å². The van der Waals surface area contributed by atoms with Crippen LogP contribution in [0.3, 0.4) is 0 Å². The molecule has 0 aliphatic carbocycles. The highest BCUT2D eigenvalue weighted by atomic mass is 16.5. The topological polar surface area (TPSA) is 63.6 Å². The molecule has 0 bridgehead atoms. The van der Waals surface area contributed by atoms with E-state index in [-0.39, 0.29) is 12.1 Å². The van der Waals surface area contributed by atoms with Crippen LogP contribution >= 0.6 is 0 Å². The van der Waals surface area contributed by atoms with E-state index in [0.29, 0.717) is 12.8 Å². The van der Waals surface area contributed by atoms with E-state index in [0.717, 1.165) is 57.8 Å². The van der Waals surface area contributed by atoms with Gasteiger partial charge in [-0.15, -0.1) is 0 Å². The Balaban J connectivity index is 3.78. The molecule has 0 amide bonds. The van der Waals surface area contributed by atoms with Gasteiger partial charge in [0.05, 0.1) is 0 Å². The Labute approximate surface area is 236 Å². The average Bonchev–Trinajstić information content (AvgIpc) is 2.89. The van der Waals surface area contributed by atoms with Crippen molar-refractivity contribution >= 4 is 11.9 Å². The highest BCUT2D eigenvalue weighted by Crippen LogP contribution is 2.18. The summed E-state index contributed by atoms with van der Waals surface area (Å²) in [6, 6.07) is 0. The lowest BCUT2D eigenvalue weighted by molar-refractivity contribution is -0.150. The van der Waals surface area contributed by atoms with Gasteiger partial charge in [0, 0.05) is 12.8 Å². The number of unbranched alkanes of at least 4 members (excludes halogenated alkanes) is 19. The summed E-state index contributed by atoms with van der Waals surface area (Å²) >= 11 is 0. The second-order valence-electron chi connectivity index (χ2n) is 11.3. The third-order valence-electron chi connectivity index (χ3n) is 7.49. The molecule has 0 aromatic heterocycles. The summed E-state index contributed by atoms with van der Waals surface area (Å²) in [5, 5.41) is 8.67. The van der Waals surface area contributed by atoms with Gasteiger partial charge < -0.3 is 9.84 Å². The zero-order valence-corrected chi connectivity index (χ0v) is 25.5. The van der Waals surface area contributed by atoms with E-state index in [2.05, 4.69) is 26.0 Å². The van der Waals surface area contributed by atoms with Crippen LogP contribution in [0.25, 0.3) is 0 Å². The molecule has 1 atom stereocenters. The maximum Gasteiger partial charge on any atom is 0.306 e. The lowest BCUT2D eigenvalue weighted by Crippen LogP contribution is -2.18. The molecule has 0 heterocycles. The molecule has 1 N–H and O–H groups in total. The molecule has 224 valence electrons. The average molecular weight is 537 g/mol. The molecule has 0 rings (SSSR count). The normalized spacial score (nSPS) is 12.3. The Morgan fingerprint density at radius 3 is 1.47 bits per heavy atom. The van der Waals surface area contributed by atoms with Crippen LogP contribution < -0.4 is 0 Å². The Morgan fingerprint density at radius 1 is 0.553 bits per heavy atom. The minimum Gasteiger partial charge on any atom is -0.481 e. The van der Waals surface area contributed by atoms with Crippen LogP contribution in [0.5, 0.6) is 0 Å². The van der Waals surface area contributed by atoms with Crippen molar-refractivity contribution in [2.24, 2.45) is 0 Å². The number of carbonyl (C=O) groups is 2. The molecule has 0 saturated heterocycles. The second-order valence-corrected chi connectivity index (χ2v) is 11.3. The Bertz CT molecular complexity index is 543. The lowest BCUT2D eigenvalue weighted by atomic mass is 10.0. The van der Waals surface area contributed by atoms with Crippen LogP contribution in [0.2, 0.25) is 0 Å². The predicted octanol–water partition coefficient (Wildman–Crippen LogP) is 11.1. The number of esters is 1. The van der Waals surface area contributed by atoms with E-state index in [1.165, 1.54) is 103 Å². The Morgan fingerprint density at radius 2 is 0.947 bits per heavy atom. The zero-order chi connectivity index (χ0) is 27.9. The molecule has 0 spiro atoms. The summed E-state index contributed by atoms with van der Waals surface area (Å²) in [7, 11) is 0. The molecule has 4 nitrogen and oxygen atoms in total. The van der Waals surface area contributed by atoms with Crippen LogP contribution in [0.1, 0.15) is 187 Å². The third-order valence-corrected chi connectivity index (χ3v) is 7.49. The van der Waals surface area contributed by atoms with Gasteiger partial charge in [0.15, 0.2) is 0 Å². The van der Waals surface area contributed by atoms with Crippen molar-refractivity contribution in [2.75, 3.05) is 0 Å². The molecule has 0 aliphatic rings. The minimum atomic E-state index is -0.679. The maximum atomic E-state index is 12.4. The predicted molar refractivity (Wildman–Crippen MR) is 163 cm³/mol. The highest BCUT2D eigenvalue weighted by molar-refractivity contribution is 5.69. The van der Waals surface area contributed by atoms with E-state index in [9.17, 15) is 9.59 Å². The molecule has 0 radical (unpaired) electrons. The Kier molecular flexibility index (Phi) is 29.2. The van der Waals surface area contributed by atoms with Crippen molar-refractivity contribution in [1.29, 1.82) is 0 Å². The first-order valence-corrected chi connectivity index (χ1v) is 16.7. The summed E-state index contributed by atoms with van der Waals surface area (Å²) in [6.45, 7) is 4.48. The van der Waals surface area contributed by atoms with Gasteiger partial charge in [-0.2, -0.15) is 0 Å². The largest absolute Gasteiger partial charge is 0.481 e. The fourth-order valence-corrected chi connectivity index (χ4v) is 5.00. The number of carboxylic acids is 1. The second kappa shape index (κ2) is 30.2. The van der Waals surface area contributed by atoms with E-state index in [1.54, 1.807) is 0 Å². The number of allylic oxidation sites excluding steroid dienone is 2. The van der Waals surface area contributed by atoms with Gasteiger partial charge >= 0.3 is 11.9 Å². The van der Waals surface area contributed by atoms with Crippen LogP contribution in [-0.4, -0.2) is 23.1 Å². The van der Waals surface area contributed by atoms with Gasteiger partial charge in [0.25, 0.3) is 0 Å². The van der Waals surface area contributed by atoms with Gasteiger partial charge in [-0.25, -0.2) is 0 Å². The SMILES string of the molecule is CCCCCC/C=C\CCCCCCCC(=O)O[C@H](CCCCC)CCCCCCCCCCCC(=O)O. The van der Waals surface area contributed by atoms with E-state index >= 15 is 0 Å². The molecule has 0 fully saturated rings. The molecular formula is C34H64O4. The van der Waals surface area contributed by atoms with Crippen LogP contribution in [0.4, 0.5) is 0 Å². The van der Waals surface area contributed by atoms with Crippen LogP contribution in [0, 0.1) is 0 Å². The van der Waals surface area contributed by atoms with Crippen molar-refractivity contribution in [2.45, 2.75) is 193 Å². The first kappa shape index (κ1) is 36.7. The van der Waals surface area contributed by atoms with Crippen molar-refractivity contribution in [1.82, 2.24) is 0 Å². The quantitative estimate of drug-likeness (QED) is 0.0563.